The summed E-state index contributed by atoms with van der Waals surface area (Å²) < 4.78 is 52.5. The van der Waals surface area contributed by atoms with Crippen molar-refractivity contribution < 1.29 is 20.5 Å². The van der Waals surface area contributed by atoms with Gasteiger partial charge in [-0.25, -0.2) is 0 Å². The Bertz CT molecular complexity index is 696. The van der Waals surface area contributed by atoms with E-state index in [2.05, 4.69) is 3.63 Å². The Morgan fingerprint density at radius 2 is 1.48 bits per heavy atom. The molecule has 0 aliphatic heterocycles. The molecule has 7 heteroatoms. The van der Waals surface area contributed by atoms with Gasteiger partial charge in [-0.3, -0.25) is 0 Å². The molecule has 0 heterocycles. The molecule has 1 aliphatic rings. The minimum Gasteiger partial charge on any atom is -0.198 e. The summed E-state index contributed by atoms with van der Waals surface area (Å²) in [5.41, 5.74) is 0.885. The summed E-state index contributed by atoms with van der Waals surface area (Å²) in [5, 5.41) is 0. The van der Waals surface area contributed by atoms with Crippen molar-refractivity contribution in [2.45, 2.75) is 55.6 Å². The number of rotatable bonds is 4. The van der Waals surface area contributed by atoms with Gasteiger partial charge in [-0.2, -0.15) is 16.8 Å². The van der Waals surface area contributed by atoms with Crippen molar-refractivity contribution >= 4 is 20.2 Å². The van der Waals surface area contributed by atoms with Gasteiger partial charge in [0.2, 0.25) is 0 Å². The smallest absolute Gasteiger partial charge is 0.198 e. The second-order valence-electron chi connectivity index (χ2n) is 5.80. The van der Waals surface area contributed by atoms with Crippen LogP contribution in [0.1, 0.15) is 44.6 Å². The standard InChI is InChI=1S/C14H20O5S2/c1-12-6-8-13(9-7-12)20(15,16)19-21(17,18)14(2)10-4-3-5-11-14/h6-9H,3-5,10-11H2,1-2H3. The molecule has 0 saturated heterocycles. The van der Waals surface area contributed by atoms with Gasteiger partial charge in [0.25, 0.3) is 10.1 Å². The van der Waals surface area contributed by atoms with Crippen LogP contribution in [-0.2, 0) is 23.9 Å². The Morgan fingerprint density at radius 1 is 0.952 bits per heavy atom. The summed E-state index contributed by atoms with van der Waals surface area (Å²) >= 11 is 0. The fourth-order valence-electron chi connectivity index (χ4n) is 2.49. The molecule has 0 unspecified atom stereocenters. The van der Waals surface area contributed by atoms with Crippen molar-refractivity contribution in [3.05, 3.63) is 29.8 Å². The second-order valence-corrected chi connectivity index (χ2v) is 9.62. The third-order valence-electron chi connectivity index (χ3n) is 4.00. The van der Waals surface area contributed by atoms with Crippen molar-refractivity contribution in [1.29, 1.82) is 0 Å². The van der Waals surface area contributed by atoms with Crippen LogP contribution in [0.15, 0.2) is 29.2 Å². The molecule has 0 N–H and O–H groups in total. The van der Waals surface area contributed by atoms with E-state index >= 15 is 0 Å². The predicted molar refractivity (Wildman–Crippen MR) is 79.9 cm³/mol. The van der Waals surface area contributed by atoms with Gasteiger partial charge in [0.05, 0.1) is 9.64 Å². The lowest BCUT2D eigenvalue weighted by Crippen LogP contribution is -2.39. The predicted octanol–water partition coefficient (Wildman–Crippen LogP) is 2.75. The van der Waals surface area contributed by atoms with Crippen molar-refractivity contribution in [1.82, 2.24) is 0 Å². The third kappa shape index (κ3) is 3.46. The third-order valence-corrected chi connectivity index (χ3v) is 7.90. The van der Waals surface area contributed by atoms with Crippen LogP contribution >= 0.6 is 0 Å². The molecule has 1 aliphatic carbocycles. The fourth-order valence-corrected chi connectivity index (χ4v) is 5.67. The van der Waals surface area contributed by atoms with E-state index in [9.17, 15) is 16.8 Å². The molecule has 118 valence electrons. The van der Waals surface area contributed by atoms with Crippen LogP contribution in [0.4, 0.5) is 0 Å². The van der Waals surface area contributed by atoms with E-state index in [4.69, 9.17) is 0 Å². The Hall–Kier alpha value is -0.920. The molecule has 2 rings (SSSR count). The highest BCUT2D eigenvalue weighted by Gasteiger charge is 2.44. The molecule has 0 aromatic heterocycles. The first-order valence-electron chi connectivity index (χ1n) is 6.94. The quantitative estimate of drug-likeness (QED) is 0.847. The first-order valence-corrected chi connectivity index (χ1v) is 9.75. The van der Waals surface area contributed by atoms with Gasteiger partial charge in [0.15, 0.2) is 0 Å². The first-order chi connectivity index (χ1) is 9.66. The lowest BCUT2D eigenvalue weighted by atomic mass is 9.90. The van der Waals surface area contributed by atoms with Gasteiger partial charge in [0, 0.05) is 0 Å². The molecular weight excluding hydrogens is 312 g/mol. The molecule has 0 bridgehead atoms. The molecule has 21 heavy (non-hydrogen) atoms. The van der Waals surface area contributed by atoms with E-state index in [1.807, 2.05) is 6.92 Å². The molecule has 1 saturated carbocycles. The van der Waals surface area contributed by atoms with Crippen LogP contribution in [0.25, 0.3) is 0 Å². The average Bonchev–Trinajstić information content (AvgIpc) is 2.38. The van der Waals surface area contributed by atoms with Crippen LogP contribution in [0.5, 0.6) is 0 Å². The average molecular weight is 332 g/mol. The molecule has 0 amide bonds. The Morgan fingerprint density at radius 3 is 2.00 bits per heavy atom. The van der Waals surface area contributed by atoms with Crippen LogP contribution in [0.3, 0.4) is 0 Å². The zero-order valence-corrected chi connectivity index (χ0v) is 13.8. The van der Waals surface area contributed by atoms with E-state index in [0.29, 0.717) is 12.8 Å². The van der Waals surface area contributed by atoms with E-state index < -0.39 is 25.0 Å². The summed E-state index contributed by atoms with van der Waals surface area (Å²) in [6.07, 6.45) is 3.36. The molecule has 0 spiro atoms. The highest BCUT2D eigenvalue weighted by Crippen LogP contribution is 2.37. The number of aryl methyl sites for hydroxylation is 1. The van der Waals surface area contributed by atoms with Crippen LogP contribution in [0.2, 0.25) is 0 Å². The topological polar surface area (TPSA) is 77.5 Å². The highest BCUT2D eigenvalue weighted by atomic mass is 32.3. The van der Waals surface area contributed by atoms with Crippen molar-refractivity contribution in [2.24, 2.45) is 0 Å². The van der Waals surface area contributed by atoms with Gasteiger partial charge in [-0.05, 0) is 38.8 Å². The van der Waals surface area contributed by atoms with E-state index in [1.54, 1.807) is 19.1 Å². The number of hydrogen-bond donors (Lipinski definition) is 0. The lowest BCUT2D eigenvalue weighted by Gasteiger charge is -2.31. The zero-order valence-electron chi connectivity index (χ0n) is 12.2. The van der Waals surface area contributed by atoms with Crippen molar-refractivity contribution in [2.75, 3.05) is 0 Å². The minimum absolute atomic E-state index is 0.143. The minimum atomic E-state index is -4.31. The number of hydrogen-bond acceptors (Lipinski definition) is 5. The summed E-state index contributed by atoms with van der Waals surface area (Å²) in [6, 6.07) is 5.91. The summed E-state index contributed by atoms with van der Waals surface area (Å²) in [5.74, 6) is 0. The maximum absolute atomic E-state index is 12.4. The Balaban J connectivity index is 2.29. The fraction of sp³-hybridized carbons (Fsp3) is 0.571. The second kappa shape index (κ2) is 5.70. The van der Waals surface area contributed by atoms with E-state index in [1.165, 1.54) is 12.1 Å². The normalized spacial score (nSPS) is 19.3. The summed E-state index contributed by atoms with van der Waals surface area (Å²) in [7, 11) is -8.50. The SMILES string of the molecule is Cc1ccc(S(=O)(=O)OS(=O)(=O)C2(C)CCCCC2)cc1. The molecular formula is C14H20O5S2. The largest absolute Gasteiger partial charge is 0.311 e. The van der Waals surface area contributed by atoms with Gasteiger partial charge in [-0.15, -0.1) is 3.63 Å². The zero-order chi connectivity index (χ0) is 15.7. The van der Waals surface area contributed by atoms with Gasteiger partial charge in [0.1, 0.15) is 0 Å². The maximum Gasteiger partial charge on any atom is 0.311 e. The van der Waals surface area contributed by atoms with E-state index in [-0.39, 0.29) is 4.90 Å². The van der Waals surface area contributed by atoms with Crippen molar-refractivity contribution in [3.8, 4) is 0 Å². The maximum atomic E-state index is 12.4. The lowest BCUT2D eigenvalue weighted by molar-refractivity contribution is 0.359. The monoisotopic (exact) mass is 332 g/mol. The van der Waals surface area contributed by atoms with Gasteiger partial charge < -0.3 is 0 Å². The summed E-state index contributed by atoms with van der Waals surface area (Å²) in [4.78, 5) is -0.143. The number of benzene rings is 1. The van der Waals surface area contributed by atoms with Gasteiger partial charge >= 0.3 is 10.1 Å². The van der Waals surface area contributed by atoms with Crippen LogP contribution in [0, 0.1) is 6.92 Å². The molecule has 1 aromatic carbocycles. The van der Waals surface area contributed by atoms with E-state index in [0.717, 1.165) is 24.8 Å². The molecule has 1 fully saturated rings. The Labute approximate surface area is 126 Å². The molecule has 0 atom stereocenters. The van der Waals surface area contributed by atoms with Crippen molar-refractivity contribution in [3.63, 3.8) is 0 Å². The molecule has 1 aromatic rings. The summed E-state index contributed by atoms with van der Waals surface area (Å²) in [6.45, 7) is 3.38. The van der Waals surface area contributed by atoms with Crippen LogP contribution in [-0.4, -0.2) is 21.6 Å². The Kier molecular flexibility index (Phi) is 4.46. The molecule has 0 radical (unpaired) electrons. The molecule has 5 nitrogen and oxygen atoms in total. The highest BCUT2D eigenvalue weighted by molar-refractivity contribution is 8.00. The van der Waals surface area contributed by atoms with Gasteiger partial charge in [-0.1, -0.05) is 37.0 Å². The first kappa shape index (κ1) is 16.5. The van der Waals surface area contributed by atoms with Crippen LogP contribution < -0.4 is 0 Å².